The smallest absolute Gasteiger partial charge is 0.248 e. The molecule has 0 saturated carbocycles. The Morgan fingerprint density at radius 3 is 2.60 bits per heavy atom. The second-order valence-electron chi connectivity index (χ2n) is 1.99. The molecule has 54 valence electrons. The standard InChI is InChI=1S/C7H8N2O.H2/c8-6-3-1-2-5(4-6)7(9)10;/h1-4H,8H2,(H2,9,10);1H. The molecule has 0 atom stereocenters. The third-order valence-electron chi connectivity index (χ3n) is 1.17. The van der Waals surface area contributed by atoms with Gasteiger partial charge >= 0.3 is 0 Å². The molecule has 0 spiro atoms. The lowest BCUT2D eigenvalue weighted by Gasteiger charge is -1.94. The van der Waals surface area contributed by atoms with E-state index in [1.165, 1.54) is 0 Å². The van der Waals surface area contributed by atoms with E-state index < -0.39 is 5.91 Å². The Hall–Kier alpha value is -1.51. The maximum Gasteiger partial charge on any atom is 0.248 e. The van der Waals surface area contributed by atoms with Crippen molar-refractivity contribution in [2.75, 3.05) is 5.73 Å². The highest BCUT2D eigenvalue weighted by Gasteiger charge is 1.97. The Kier molecular flexibility index (Phi) is 1.58. The van der Waals surface area contributed by atoms with Crippen molar-refractivity contribution in [1.82, 2.24) is 0 Å². The molecular formula is C7H10N2O. The fourth-order valence-electron chi connectivity index (χ4n) is 0.692. The topological polar surface area (TPSA) is 69.1 Å². The van der Waals surface area contributed by atoms with Crippen molar-refractivity contribution in [3.63, 3.8) is 0 Å². The van der Waals surface area contributed by atoms with Gasteiger partial charge < -0.3 is 11.5 Å². The number of carbonyl (C=O) groups excluding carboxylic acids is 1. The van der Waals surface area contributed by atoms with Gasteiger partial charge in [-0.3, -0.25) is 4.79 Å². The Bertz CT molecular complexity index is 262. The lowest BCUT2D eigenvalue weighted by atomic mass is 10.2. The third kappa shape index (κ3) is 1.25. The van der Waals surface area contributed by atoms with Crippen molar-refractivity contribution in [3.05, 3.63) is 29.8 Å². The average Bonchev–Trinajstić information content (AvgIpc) is 1.88. The summed E-state index contributed by atoms with van der Waals surface area (Å²) in [6.07, 6.45) is 0. The summed E-state index contributed by atoms with van der Waals surface area (Å²) in [5.41, 5.74) is 11.4. The summed E-state index contributed by atoms with van der Waals surface area (Å²) >= 11 is 0. The predicted octanol–water partition coefficient (Wildman–Crippen LogP) is 0.614. The lowest BCUT2D eigenvalue weighted by Crippen LogP contribution is -2.10. The molecule has 1 aromatic rings. The van der Waals surface area contributed by atoms with Gasteiger partial charge in [0.2, 0.25) is 5.91 Å². The van der Waals surface area contributed by atoms with E-state index in [0.29, 0.717) is 11.3 Å². The monoisotopic (exact) mass is 138 g/mol. The highest BCUT2D eigenvalue weighted by Crippen LogP contribution is 2.04. The maximum absolute atomic E-state index is 10.5. The van der Waals surface area contributed by atoms with Gasteiger partial charge in [-0.25, -0.2) is 0 Å². The molecule has 0 heterocycles. The van der Waals surface area contributed by atoms with Gasteiger partial charge in [-0.1, -0.05) is 6.07 Å². The molecule has 1 aromatic carbocycles. The number of benzene rings is 1. The minimum absolute atomic E-state index is 0. The summed E-state index contributed by atoms with van der Waals surface area (Å²) in [7, 11) is 0. The van der Waals surface area contributed by atoms with Gasteiger partial charge in [0.05, 0.1) is 0 Å². The molecule has 0 bridgehead atoms. The summed E-state index contributed by atoms with van der Waals surface area (Å²) in [6, 6.07) is 6.56. The Balaban J connectivity index is 0.000001000. The number of rotatable bonds is 1. The first-order valence-electron chi connectivity index (χ1n) is 2.85. The normalized spacial score (nSPS) is 9.20. The van der Waals surface area contributed by atoms with Crippen LogP contribution in [-0.2, 0) is 0 Å². The molecule has 0 aromatic heterocycles. The van der Waals surface area contributed by atoms with Crippen molar-refractivity contribution in [1.29, 1.82) is 0 Å². The second kappa shape index (κ2) is 2.39. The number of anilines is 1. The largest absolute Gasteiger partial charge is 0.399 e. The van der Waals surface area contributed by atoms with E-state index in [1.807, 2.05) is 0 Å². The minimum Gasteiger partial charge on any atom is -0.399 e. The van der Waals surface area contributed by atoms with Crippen LogP contribution in [-0.4, -0.2) is 5.91 Å². The number of nitrogen functional groups attached to an aromatic ring is 1. The van der Waals surface area contributed by atoms with Crippen LogP contribution in [0.15, 0.2) is 24.3 Å². The molecule has 0 aliphatic rings. The predicted molar refractivity (Wildman–Crippen MR) is 41.5 cm³/mol. The quantitative estimate of drug-likeness (QED) is 0.558. The van der Waals surface area contributed by atoms with Crippen LogP contribution in [0.4, 0.5) is 5.69 Å². The van der Waals surface area contributed by atoms with Crippen LogP contribution in [0.5, 0.6) is 0 Å². The molecule has 4 N–H and O–H groups in total. The van der Waals surface area contributed by atoms with Crippen LogP contribution in [0, 0.1) is 0 Å². The van der Waals surface area contributed by atoms with Crippen molar-refractivity contribution in [2.45, 2.75) is 0 Å². The van der Waals surface area contributed by atoms with E-state index in [4.69, 9.17) is 11.5 Å². The first-order chi connectivity index (χ1) is 4.70. The zero-order valence-electron chi connectivity index (χ0n) is 5.37. The number of hydrogen-bond acceptors (Lipinski definition) is 2. The molecule has 0 fully saturated rings. The minimum atomic E-state index is -0.452. The van der Waals surface area contributed by atoms with E-state index in [1.54, 1.807) is 24.3 Å². The van der Waals surface area contributed by atoms with Crippen LogP contribution in [0.3, 0.4) is 0 Å². The molecule has 0 aliphatic carbocycles. The van der Waals surface area contributed by atoms with E-state index >= 15 is 0 Å². The van der Waals surface area contributed by atoms with E-state index in [2.05, 4.69) is 0 Å². The molecule has 0 radical (unpaired) electrons. The molecule has 3 nitrogen and oxygen atoms in total. The molecule has 1 rings (SSSR count). The summed E-state index contributed by atoms with van der Waals surface area (Å²) in [6.45, 7) is 0. The Morgan fingerprint density at radius 2 is 2.20 bits per heavy atom. The van der Waals surface area contributed by atoms with E-state index in [9.17, 15) is 4.79 Å². The number of nitrogens with two attached hydrogens (primary N) is 2. The molecule has 3 heteroatoms. The van der Waals surface area contributed by atoms with Crippen LogP contribution in [0.1, 0.15) is 11.8 Å². The van der Waals surface area contributed by atoms with Crippen LogP contribution >= 0.6 is 0 Å². The number of primary amides is 1. The fourth-order valence-corrected chi connectivity index (χ4v) is 0.692. The van der Waals surface area contributed by atoms with Gasteiger partial charge in [-0.05, 0) is 18.2 Å². The van der Waals surface area contributed by atoms with Crippen LogP contribution in [0.2, 0.25) is 0 Å². The highest BCUT2D eigenvalue weighted by molar-refractivity contribution is 5.93. The van der Waals surface area contributed by atoms with Gasteiger partial charge in [-0.2, -0.15) is 0 Å². The Morgan fingerprint density at radius 1 is 1.50 bits per heavy atom. The van der Waals surface area contributed by atoms with Crippen molar-refractivity contribution < 1.29 is 6.22 Å². The van der Waals surface area contributed by atoms with Gasteiger partial charge in [0, 0.05) is 12.7 Å². The first-order valence-corrected chi connectivity index (χ1v) is 2.85. The summed E-state index contributed by atoms with van der Waals surface area (Å²) in [5, 5.41) is 0. The zero-order valence-corrected chi connectivity index (χ0v) is 5.37. The molecule has 0 aliphatic heterocycles. The molecular weight excluding hydrogens is 128 g/mol. The van der Waals surface area contributed by atoms with E-state index in [0.717, 1.165) is 0 Å². The van der Waals surface area contributed by atoms with Gasteiger partial charge in [0.1, 0.15) is 0 Å². The van der Waals surface area contributed by atoms with E-state index in [-0.39, 0.29) is 1.43 Å². The van der Waals surface area contributed by atoms with Crippen molar-refractivity contribution in [3.8, 4) is 0 Å². The SMILES string of the molecule is NC(=O)c1cccc(N)c1.[HH]. The number of amides is 1. The van der Waals surface area contributed by atoms with Gasteiger partial charge in [0.25, 0.3) is 0 Å². The molecule has 10 heavy (non-hydrogen) atoms. The number of carbonyl (C=O) groups is 1. The first kappa shape index (κ1) is 6.61. The summed E-state index contributed by atoms with van der Waals surface area (Å²) < 4.78 is 0. The lowest BCUT2D eigenvalue weighted by molar-refractivity contribution is 0.100. The molecule has 0 saturated heterocycles. The summed E-state index contributed by atoms with van der Waals surface area (Å²) in [4.78, 5) is 10.5. The zero-order chi connectivity index (χ0) is 7.56. The Labute approximate surface area is 60.1 Å². The van der Waals surface area contributed by atoms with Gasteiger partial charge in [0.15, 0.2) is 0 Å². The average molecular weight is 138 g/mol. The third-order valence-corrected chi connectivity index (χ3v) is 1.17. The number of hydrogen-bond donors (Lipinski definition) is 2. The van der Waals surface area contributed by atoms with Gasteiger partial charge in [-0.15, -0.1) is 0 Å². The van der Waals surface area contributed by atoms with Crippen LogP contribution < -0.4 is 11.5 Å². The van der Waals surface area contributed by atoms with Crippen LogP contribution in [0.25, 0.3) is 0 Å². The highest BCUT2D eigenvalue weighted by atomic mass is 16.1. The van der Waals surface area contributed by atoms with Crippen molar-refractivity contribution in [2.24, 2.45) is 5.73 Å². The fraction of sp³-hybridized carbons (Fsp3) is 0. The molecule has 1 amide bonds. The second-order valence-corrected chi connectivity index (χ2v) is 1.99. The molecule has 0 unspecified atom stereocenters. The maximum atomic E-state index is 10.5. The summed E-state index contributed by atoms with van der Waals surface area (Å²) in [5.74, 6) is -0.452. The van der Waals surface area contributed by atoms with Crippen molar-refractivity contribution >= 4 is 11.6 Å².